The van der Waals surface area contributed by atoms with E-state index >= 15 is 0 Å². The van der Waals surface area contributed by atoms with Gasteiger partial charge in [-0.25, -0.2) is 0 Å². The average molecular weight is 327 g/mol. The van der Waals surface area contributed by atoms with Crippen molar-refractivity contribution >= 4 is 18.3 Å². The van der Waals surface area contributed by atoms with Crippen LogP contribution < -0.4 is 5.73 Å². The Hall–Kier alpha value is -1.06. The van der Waals surface area contributed by atoms with Crippen molar-refractivity contribution in [1.29, 1.82) is 0 Å². The van der Waals surface area contributed by atoms with Crippen LogP contribution >= 0.6 is 12.4 Å². The Labute approximate surface area is 141 Å². The van der Waals surface area contributed by atoms with Crippen LogP contribution in [0.1, 0.15) is 44.7 Å². The van der Waals surface area contributed by atoms with Gasteiger partial charge in [-0.15, -0.1) is 12.4 Å². The van der Waals surface area contributed by atoms with Crippen LogP contribution in [0.3, 0.4) is 0 Å². The Balaban J connectivity index is 0.00000441. The third-order valence-electron chi connectivity index (χ3n) is 4.14. The molecule has 0 aromatic heterocycles. The fourth-order valence-electron chi connectivity index (χ4n) is 2.18. The monoisotopic (exact) mass is 326 g/mol. The lowest BCUT2D eigenvalue weighted by atomic mass is 10.0. The molecular formula is C18H31ClN2O. The first-order valence-electron chi connectivity index (χ1n) is 8.01. The SMILES string of the molecule is CCc1ccc(CCC(=O)N(C)CCC(N)C(C)C)cc1.Cl. The first-order chi connectivity index (χ1) is 9.93. The van der Waals surface area contributed by atoms with Crippen LogP contribution in [0.2, 0.25) is 0 Å². The van der Waals surface area contributed by atoms with E-state index in [4.69, 9.17) is 5.73 Å². The summed E-state index contributed by atoms with van der Waals surface area (Å²) in [5, 5.41) is 0. The first kappa shape index (κ1) is 20.9. The summed E-state index contributed by atoms with van der Waals surface area (Å²) in [4.78, 5) is 13.9. The quantitative estimate of drug-likeness (QED) is 0.795. The molecule has 0 aliphatic rings. The van der Waals surface area contributed by atoms with E-state index in [0.29, 0.717) is 12.3 Å². The van der Waals surface area contributed by atoms with Crippen molar-refractivity contribution < 1.29 is 4.79 Å². The second-order valence-electron chi connectivity index (χ2n) is 6.18. The molecule has 0 radical (unpaired) electrons. The molecular weight excluding hydrogens is 296 g/mol. The van der Waals surface area contributed by atoms with Crippen LogP contribution in [-0.4, -0.2) is 30.4 Å². The van der Waals surface area contributed by atoms with Crippen LogP contribution in [0.5, 0.6) is 0 Å². The van der Waals surface area contributed by atoms with Gasteiger partial charge in [0, 0.05) is 26.1 Å². The highest BCUT2D eigenvalue weighted by Crippen LogP contribution is 2.09. The topological polar surface area (TPSA) is 46.3 Å². The van der Waals surface area contributed by atoms with Gasteiger partial charge in [0.25, 0.3) is 0 Å². The van der Waals surface area contributed by atoms with E-state index in [9.17, 15) is 4.79 Å². The van der Waals surface area contributed by atoms with Crippen LogP contribution in [0.25, 0.3) is 0 Å². The van der Waals surface area contributed by atoms with Gasteiger partial charge in [0.15, 0.2) is 0 Å². The number of nitrogens with two attached hydrogens (primary N) is 1. The Morgan fingerprint density at radius 1 is 1.18 bits per heavy atom. The summed E-state index contributed by atoms with van der Waals surface area (Å²) >= 11 is 0. The van der Waals surface area contributed by atoms with E-state index in [-0.39, 0.29) is 24.4 Å². The Bertz CT molecular complexity index is 431. The maximum absolute atomic E-state index is 12.1. The van der Waals surface area contributed by atoms with Crippen molar-refractivity contribution in [2.45, 2.75) is 52.5 Å². The zero-order valence-corrected chi connectivity index (χ0v) is 15.2. The average Bonchev–Trinajstić information content (AvgIpc) is 2.50. The molecule has 3 nitrogen and oxygen atoms in total. The summed E-state index contributed by atoms with van der Waals surface area (Å²) in [5.74, 6) is 0.663. The summed E-state index contributed by atoms with van der Waals surface area (Å²) < 4.78 is 0. The van der Waals surface area contributed by atoms with Crippen molar-refractivity contribution in [1.82, 2.24) is 4.90 Å². The lowest BCUT2D eigenvalue weighted by Crippen LogP contribution is -2.34. The van der Waals surface area contributed by atoms with Crippen LogP contribution in [0.4, 0.5) is 0 Å². The van der Waals surface area contributed by atoms with Crippen molar-refractivity contribution in [3.63, 3.8) is 0 Å². The van der Waals surface area contributed by atoms with Gasteiger partial charge in [-0.05, 0) is 36.3 Å². The molecule has 1 unspecified atom stereocenters. The molecule has 1 atom stereocenters. The fourth-order valence-corrected chi connectivity index (χ4v) is 2.18. The van der Waals surface area contributed by atoms with Crippen molar-refractivity contribution in [3.8, 4) is 0 Å². The van der Waals surface area contributed by atoms with Crippen LogP contribution in [0.15, 0.2) is 24.3 Å². The predicted octanol–water partition coefficient (Wildman–Crippen LogP) is 3.44. The molecule has 0 bridgehead atoms. The van der Waals surface area contributed by atoms with E-state index in [1.54, 1.807) is 0 Å². The number of carbonyl (C=O) groups excluding carboxylic acids is 1. The number of carbonyl (C=O) groups is 1. The molecule has 0 aliphatic carbocycles. The van der Waals surface area contributed by atoms with Crippen LogP contribution in [-0.2, 0) is 17.6 Å². The highest BCUT2D eigenvalue weighted by Gasteiger charge is 2.12. The van der Waals surface area contributed by atoms with Gasteiger partial charge in [0.1, 0.15) is 0 Å². The Morgan fingerprint density at radius 3 is 2.23 bits per heavy atom. The van der Waals surface area contributed by atoms with E-state index in [1.807, 2.05) is 11.9 Å². The van der Waals surface area contributed by atoms with Gasteiger partial charge in [-0.3, -0.25) is 4.79 Å². The lowest BCUT2D eigenvalue weighted by Gasteiger charge is -2.21. The third-order valence-corrected chi connectivity index (χ3v) is 4.14. The summed E-state index contributed by atoms with van der Waals surface area (Å²) in [6, 6.07) is 8.71. The highest BCUT2D eigenvalue weighted by atomic mass is 35.5. The molecule has 0 saturated heterocycles. The maximum Gasteiger partial charge on any atom is 0.222 e. The minimum absolute atomic E-state index is 0. The number of halogens is 1. The zero-order chi connectivity index (χ0) is 15.8. The molecule has 0 spiro atoms. The van der Waals surface area contributed by atoms with Crippen molar-refractivity contribution in [2.75, 3.05) is 13.6 Å². The van der Waals surface area contributed by atoms with E-state index in [1.165, 1.54) is 11.1 Å². The molecule has 126 valence electrons. The molecule has 0 heterocycles. The molecule has 0 aliphatic heterocycles. The number of amides is 1. The first-order valence-corrected chi connectivity index (χ1v) is 8.01. The normalized spacial score (nSPS) is 11.9. The van der Waals surface area contributed by atoms with Gasteiger partial charge in [-0.1, -0.05) is 45.0 Å². The summed E-state index contributed by atoms with van der Waals surface area (Å²) in [5.41, 5.74) is 8.59. The van der Waals surface area contributed by atoms with Crippen LogP contribution in [0, 0.1) is 5.92 Å². The predicted molar refractivity (Wildman–Crippen MR) is 96.5 cm³/mol. The van der Waals surface area contributed by atoms with Crippen molar-refractivity contribution in [2.24, 2.45) is 11.7 Å². The molecule has 1 rings (SSSR count). The van der Waals surface area contributed by atoms with Gasteiger partial charge >= 0.3 is 0 Å². The second kappa shape index (κ2) is 10.6. The number of hydrogen-bond donors (Lipinski definition) is 1. The number of hydrogen-bond acceptors (Lipinski definition) is 2. The Kier molecular flexibility index (Phi) is 10.1. The minimum atomic E-state index is 0. The molecule has 2 N–H and O–H groups in total. The number of rotatable bonds is 8. The van der Waals surface area contributed by atoms with E-state index in [0.717, 1.165) is 25.8 Å². The number of benzene rings is 1. The van der Waals surface area contributed by atoms with Gasteiger partial charge in [-0.2, -0.15) is 0 Å². The lowest BCUT2D eigenvalue weighted by molar-refractivity contribution is -0.129. The van der Waals surface area contributed by atoms with E-state index < -0.39 is 0 Å². The largest absolute Gasteiger partial charge is 0.346 e. The number of aryl methyl sites for hydroxylation is 2. The number of nitrogens with zero attached hydrogens (tertiary/aromatic N) is 1. The highest BCUT2D eigenvalue weighted by molar-refractivity contribution is 5.85. The van der Waals surface area contributed by atoms with Crippen molar-refractivity contribution in [3.05, 3.63) is 35.4 Å². The minimum Gasteiger partial charge on any atom is -0.346 e. The maximum atomic E-state index is 12.1. The molecule has 1 aromatic rings. The smallest absolute Gasteiger partial charge is 0.222 e. The molecule has 0 fully saturated rings. The third kappa shape index (κ3) is 7.28. The summed E-state index contributed by atoms with van der Waals surface area (Å²) in [6.07, 6.45) is 3.30. The summed E-state index contributed by atoms with van der Waals surface area (Å²) in [7, 11) is 1.87. The Morgan fingerprint density at radius 2 is 1.73 bits per heavy atom. The standard InChI is InChI=1S/C18H30N2O.ClH/c1-5-15-6-8-16(9-7-15)10-11-18(21)20(4)13-12-17(19)14(2)3;/h6-9,14,17H,5,10-13,19H2,1-4H3;1H. The molecule has 22 heavy (non-hydrogen) atoms. The molecule has 1 amide bonds. The molecule has 4 heteroatoms. The fraction of sp³-hybridized carbons (Fsp3) is 0.611. The molecule has 0 saturated carbocycles. The zero-order valence-electron chi connectivity index (χ0n) is 14.3. The van der Waals surface area contributed by atoms with E-state index in [2.05, 4.69) is 45.0 Å². The molecule has 1 aromatic carbocycles. The van der Waals surface area contributed by atoms with Gasteiger partial charge in [0.05, 0.1) is 0 Å². The van der Waals surface area contributed by atoms with Gasteiger partial charge < -0.3 is 10.6 Å². The second-order valence-corrected chi connectivity index (χ2v) is 6.18. The summed E-state index contributed by atoms with van der Waals surface area (Å²) in [6.45, 7) is 7.13. The van der Waals surface area contributed by atoms with Gasteiger partial charge in [0.2, 0.25) is 5.91 Å².